The highest BCUT2D eigenvalue weighted by molar-refractivity contribution is 8.00. The lowest BCUT2D eigenvalue weighted by Crippen LogP contribution is -2.15. The van der Waals surface area contributed by atoms with Gasteiger partial charge in [-0.2, -0.15) is 5.26 Å². The van der Waals surface area contributed by atoms with Gasteiger partial charge in [0.05, 0.1) is 11.3 Å². The Morgan fingerprint density at radius 2 is 2.04 bits per heavy atom. The maximum absolute atomic E-state index is 13.2. The van der Waals surface area contributed by atoms with Crippen LogP contribution >= 0.6 is 11.8 Å². The highest BCUT2D eigenvalue weighted by atomic mass is 32.2. The molecular formula is C18H15F2N3OS. The Kier molecular flexibility index (Phi) is 5.29. The SMILES string of the molecule is N#Cc1cc2c(nc1SCC(=O)Nc1ccc(F)c(F)c1)CCCC2. The van der Waals surface area contributed by atoms with Crippen LogP contribution in [-0.4, -0.2) is 16.6 Å². The van der Waals surface area contributed by atoms with Crippen molar-refractivity contribution in [3.05, 3.63) is 52.7 Å². The zero-order chi connectivity index (χ0) is 17.8. The second-order valence-electron chi connectivity index (χ2n) is 5.73. The van der Waals surface area contributed by atoms with Crippen LogP contribution < -0.4 is 5.32 Å². The van der Waals surface area contributed by atoms with E-state index in [4.69, 9.17) is 0 Å². The van der Waals surface area contributed by atoms with Crippen molar-refractivity contribution in [2.24, 2.45) is 0 Å². The maximum atomic E-state index is 13.2. The van der Waals surface area contributed by atoms with Crippen molar-refractivity contribution in [3.8, 4) is 6.07 Å². The van der Waals surface area contributed by atoms with Crippen molar-refractivity contribution in [1.29, 1.82) is 5.26 Å². The fourth-order valence-electron chi connectivity index (χ4n) is 2.71. The Bertz CT molecular complexity index is 864. The number of carbonyl (C=O) groups excluding carboxylic acids is 1. The zero-order valence-corrected chi connectivity index (χ0v) is 14.1. The van der Waals surface area contributed by atoms with Crippen LogP contribution in [0, 0.1) is 23.0 Å². The average Bonchev–Trinajstić information content (AvgIpc) is 2.62. The first kappa shape index (κ1) is 17.4. The van der Waals surface area contributed by atoms with Crippen LogP contribution in [0.1, 0.15) is 29.7 Å². The fraction of sp³-hybridized carbons (Fsp3) is 0.278. The number of pyridine rings is 1. The van der Waals surface area contributed by atoms with Crippen LogP contribution in [0.15, 0.2) is 29.3 Å². The molecule has 1 heterocycles. The van der Waals surface area contributed by atoms with Gasteiger partial charge in [-0.15, -0.1) is 0 Å². The second kappa shape index (κ2) is 7.62. The molecule has 0 unspecified atom stereocenters. The van der Waals surface area contributed by atoms with Crippen molar-refractivity contribution < 1.29 is 13.6 Å². The Balaban J connectivity index is 1.67. The molecule has 0 saturated carbocycles. The summed E-state index contributed by atoms with van der Waals surface area (Å²) in [5.41, 5.74) is 2.75. The normalized spacial score (nSPS) is 13.0. The molecule has 0 fully saturated rings. The number of hydrogen-bond donors (Lipinski definition) is 1. The van der Waals surface area contributed by atoms with Gasteiger partial charge in [0.2, 0.25) is 5.91 Å². The van der Waals surface area contributed by atoms with E-state index >= 15 is 0 Å². The number of carbonyl (C=O) groups is 1. The number of nitrogens with zero attached hydrogens (tertiary/aromatic N) is 2. The van der Waals surface area contributed by atoms with Crippen molar-refractivity contribution in [2.45, 2.75) is 30.7 Å². The molecule has 25 heavy (non-hydrogen) atoms. The molecule has 1 aliphatic carbocycles. The van der Waals surface area contributed by atoms with E-state index in [-0.39, 0.29) is 17.3 Å². The molecule has 1 amide bonds. The van der Waals surface area contributed by atoms with Crippen LogP contribution in [0.5, 0.6) is 0 Å². The molecule has 128 valence electrons. The molecule has 1 aliphatic rings. The van der Waals surface area contributed by atoms with Gasteiger partial charge in [0, 0.05) is 17.4 Å². The molecule has 2 aromatic rings. The van der Waals surface area contributed by atoms with E-state index in [0.717, 1.165) is 49.1 Å². The zero-order valence-electron chi connectivity index (χ0n) is 13.3. The number of rotatable bonds is 4. The Labute approximate surface area is 148 Å². The van der Waals surface area contributed by atoms with E-state index in [2.05, 4.69) is 16.4 Å². The molecule has 4 nitrogen and oxygen atoms in total. The third-order valence-corrected chi connectivity index (χ3v) is 4.92. The Morgan fingerprint density at radius 3 is 2.80 bits per heavy atom. The summed E-state index contributed by atoms with van der Waals surface area (Å²) in [7, 11) is 0. The minimum absolute atomic E-state index is 0.0272. The number of aromatic nitrogens is 1. The minimum atomic E-state index is -1.02. The van der Waals surface area contributed by atoms with Gasteiger partial charge < -0.3 is 5.32 Å². The number of nitriles is 1. The summed E-state index contributed by atoms with van der Waals surface area (Å²) >= 11 is 1.17. The summed E-state index contributed by atoms with van der Waals surface area (Å²) in [6.07, 6.45) is 3.99. The summed E-state index contributed by atoms with van der Waals surface area (Å²) in [5.74, 6) is -2.34. The van der Waals surface area contributed by atoms with Gasteiger partial charge in [-0.05, 0) is 49.4 Å². The van der Waals surface area contributed by atoms with Gasteiger partial charge >= 0.3 is 0 Å². The number of amides is 1. The smallest absolute Gasteiger partial charge is 0.234 e. The van der Waals surface area contributed by atoms with Crippen molar-refractivity contribution in [2.75, 3.05) is 11.1 Å². The van der Waals surface area contributed by atoms with E-state index in [9.17, 15) is 18.8 Å². The Hall–Kier alpha value is -2.46. The number of anilines is 1. The standard InChI is InChI=1S/C18H15F2N3OS/c19-14-6-5-13(8-15(14)20)22-17(24)10-25-18-12(9-21)7-11-3-1-2-4-16(11)23-18/h5-8H,1-4,10H2,(H,22,24). The van der Waals surface area contributed by atoms with E-state index in [1.165, 1.54) is 17.8 Å². The number of thioether (sulfide) groups is 1. The largest absolute Gasteiger partial charge is 0.325 e. The topological polar surface area (TPSA) is 65.8 Å². The lowest BCUT2D eigenvalue weighted by molar-refractivity contribution is -0.113. The van der Waals surface area contributed by atoms with Gasteiger partial charge in [-0.1, -0.05) is 11.8 Å². The molecule has 0 saturated heterocycles. The van der Waals surface area contributed by atoms with Crippen LogP contribution in [0.2, 0.25) is 0 Å². The van der Waals surface area contributed by atoms with Crippen molar-refractivity contribution in [1.82, 2.24) is 4.98 Å². The lowest BCUT2D eigenvalue weighted by atomic mass is 9.95. The highest BCUT2D eigenvalue weighted by Gasteiger charge is 2.16. The number of aryl methyl sites for hydroxylation is 2. The molecule has 0 aliphatic heterocycles. The summed E-state index contributed by atoms with van der Waals surface area (Å²) < 4.78 is 26.1. The molecule has 1 aromatic carbocycles. The summed E-state index contributed by atoms with van der Waals surface area (Å²) in [5, 5.41) is 12.3. The fourth-order valence-corrected chi connectivity index (χ4v) is 3.48. The van der Waals surface area contributed by atoms with Crippen LogP contribution in [0.3, 0.4) is 0 Å². The lowest BCUT2D eigenvalue weighted by Gasteiger charge is -2.16. The number of benzene rings is 1. The molecule has 0 bridgehead atoms. The third kappa shape index (κ3) is 4.15. The van der Waals surface area contributed by atoms with E-state index in [1.807, 2.05) is 6.07 Å². The molecule has 0 atom stereocenters. The first-order chi connectivity index (χ1) is 12.1. The second-order valence-corrected chi connectivity index (χ2v) is 6.70. The molecule has 3 rings (SSSR count). The van der Waals surface area contributed by atoms with E-state index < -0.39 is 11.6 Å². The maximum Gasteiger partial charge on any atom is 0.234 e. The van der Waals surface area contributed by atoms with E-state index in [0.29, 0.717) is 10.6 Å². The van der Waals surface area contributed by atoms with Gasteiger partial charge in [0.1, 0.15) is 11.1 Å². The summed E-state index contributed by atoms with van der Waals surface area (Å²) in [6.45, 7) is 0. The van der Waals surface area contributed by atoms with Gasteiger partial charge in [0.15, 0.2) is 11.6 Å². The first-order valence-electron chi connectivity index (χ1n) is 7.87. The van der Waals surface area contributed by atoms with Crippen LogP contribution in [0.25, 0.3) is 0 Å². The molecular weight excluding hydrogens is 344 g/mol. The first-order valence-corrected chi connectivity index (χ1v) is 8.86. The monoisotopic (exact) mass is 359 g/mol. The third-order valence-electron chi connectivity index (χ3n) is 3.93. The van der Waals surface area contributed by atoms with Crippen molar-refractivity contribution in [3.63, 3.8) is 0 Å². The molecule has 0 radical (unpaired) electrons. The number of nitrogens with one attached hydrogen (secondary N) is 1. The quantitative estimate of drug-likeness (QED) is 0.843. The number of halogens is 2. The highest BCUT2D eigenvalue weighted by Crippen LogP contribution is 2.27. The number of fused-ring (bicyclic) bond motifs is 1. The average molecular weight is 359 g/mol. The van der Waals surface area contributed by atoms with Gasteiger partial charge in [-0.25, -0.2) is 13.8 Å². The molecule has 1 aromatic heterocycles. The van der Waals surface area contributed by atoms with Gasteiger partial charge in [-0.3, -0.25) is 4.79 Å². The Morgan fingerprint density at radius 1 is 1.24 bits per heavy atom. The minimum Gasteiger partial charge on any atom is -0.325 e. The van der Waals surface area contributed by atoms with Crippen LogP contribution in [-0.2, 0) is 17.6 Å². The summed E-state index contributed by atoms with van der Waals surface area (Å²) in [6, 6.07) is 7.16. The summed E-state index contributed by atoms with van der Waals surface area (Å²) in [4.78, 5) is 16.6. The molecule has 7 heteroatoms. The van der Waals surface area contributed by atoms with Crippen LogP contribution in [0.4, 0.5) is 14.5 Å². The predicted molar refractivity (Wildman–Crippen MR) is 91.3 cm³/mol. The molecule has 0 spiro atoms. The predicted octanol–water partition coefficient (Wildman–Crippen LogP) is 3.84. The van der Waals surface area contributed by atoms with Crippen molar-refractivity contribution >= 4 is 23.4 Å². The molecule has 1 N–H and O–H groups in total. The number of hydrogen-bond acceptors (Lipinski definition) is 4. The van der Waals surface area contributed by atoms with Gasteiger partial charge in [0.25, 0.3) is 0 Å². The van der Waals surface area contributed by atoms with E-state index in [1.54, 1.807) is 0 Å².